The van der Waals surface area contributed by atoms with Crippen LogP contribution >= 0.6 is 11.6 Å². The number of nitrogens with one attached hydrogen (secondary N) is 3. The Kier molecular flexibility index (Phi) is 5.92. The van der Waals surface area contributed by atoms with Crippen LogP contribution in [0.5, 0.6) is 5.75 Å². The van der Waals surface area contributed by atoms with Gasteiger partial charge in [-0.25, -0.2) is 0 Å². The van der Waals surface area contributed by atoms with Gasteiger partial charge in [0.25, 0.3) is 5.91 Å². The van der Waals surface area contributed by atoms with E-state index in [0.717, 1.165) is 66.1 Å². The number of aromatic amines is 1. The van der Waals surface area contributed by atoms with E-state index in [1.54, 1.807) is 12.4 Å². The van der Waals surface area contributed by atoms with Crippen LogP contribution in [-0.2, 0) is 11.8 Å². The molecule has 1 atom stereocenters. The topological polar surface area (TPSA) is 82.3 Å². The number of aromatic nitrogens is 2. The van der Waals surface area contributed by atoms with Crippen molar-refractivity contribution in [2.24, 2.45) is 0 Å². The third-order valence-electron chi connectivity index (χ3n) is 8.09. The zero-order valence-corrected chi connectivity index (χ0v) is 21.5. The van der Waals surface area contributed by atoms with Gasteiger partial charge < -0.3 is 25.3 Å². The lowest BCUT2D eigenvalue weighted by atomic mass is 9.93. The van der Waals surface area contributed by atoms with Gasteiger partial charge in [-0.2, -0.15) is 0 Å². The quantitative estimate of drug-likeness (QED) is 0.406. The molecule has 1 unspecified atom stereocenters. The van der Waals surface area contributed by atoms with E-state index in [4.69, 9.17) is 16.3 Å². The van der Waals surface area contributed by atoms with Gasteiger partial charge in [-0.1, -0.05) is 24.6 Å². The molecule has 188 valence electrons. The van der Waals surface area contributed by atoms with Crippen molar-refractivity contribution in [2.75, 3.05) is 32.1 Å². The summed E-state index contributed by atoms with van der Waals surface area (Å²) in [6.07, 6.45) is 8.77. The number of likely N-dealkylation sites (N-methyl/N-ethyl adjacent to an activating group) is 1. The van der Waals surface area contributed by atoms with Gasteiger partial charge >= 0.3 is 0 Å². The van der Waals surface area contributed by atoms with E-state index in [-0.39, 0.29) is 11.3 Å². The maximum Gasteiger partial charge on any atom is 0.255 e. The standard InChI is InChI=1S/C28H32ClN5O2/c1-3-18-20(29)7-4-8-21(18)32-25-23-26(28(10-11-28)16-31-27(23)35)33-24(25)19-9-12-30-14-22(19)36-15-17-6-5-13-34(17)2/h4,7-9,12,14,17,32-33H,3,5-6,10-11,13,15-16H2,1-2H3,(H,31,35). The van der Waals surface area contributed by atoms with Crippen LogP contribution in [0.25, 0.3) is 11.3 Å². The molecule has 3 aliphatic rings. The van der Waals surface area contributed by atoms with Gasteiger partial charge in [-0.05, 0) is 69.5 Å². The second kappa shape index (κ2) is 9.12. The lowest BCUT2D eigenvalue weighted by Gasteiger charge is -2.23. The zero-order chi connectivity index (χ0) is 24.9. The van der Waals surface area contributed by atoms with Crippen molar-refractivity contribution >= 4 is 28.9 Å². The number of likely N-dealkylation sites (tertiary alicyclic amines) is 1. The Balaban J connectivity index is 1.46. The summed E-state index contributed by atoms with van der Waals surface area (Å²) < 4.78 is 6.37. The van der Waals surface area contributed by atoms with Crippen LogP contribution in [0.3, 0.4) is 0 Å². The highest BCUT2D eigenvalue weighted by Gasteiger charge is 2.51. The lowest BCUT2D eigenvalue weighted by molar-refractivity contribution is 0.0938. The van der Waals surface area contributed by atoms with Crippen LogP contribution < -0.4 is 15.4 Å². The maximum absolute atomic E-state index is 13.3. The fourth-order valence-electron chi connectivity index (χ4n) is 5.70. The van der Waals surface area contributed by atoms with Crippen LogP contribution in [0, 0.1) is 0 Å². The van der Waals surface area contributed by atoms with Crippen molar-refractivity contribution in [3.8, 4) is 17.0 Å². The fourth-order valence-corrected chi connectivity index (χ4v) is 6.01. The zero-order valence-electron chi connectivity index (χ0n) is 20.8. The molecule has 1 amide bonds. The third-order valence-corrected chi connectivity index (χ3v) is 8.44. The van der Waals surface area contributed by atoms with E-state index < -0.39 is 0 Å². The summed E-state index contributed by atoms with van der Waals surface area (Å²) in [5.41, 5.74) is 6.12. The van der Waals surface area contributed by atoms with Gasteiger partial charge in [0, 0.05) is 46.2 Å². The molecule has 1 spiro atoms. The summed E-state index contributed by atoms with van der Waals surface area (Å²) in [4.78, 5) is 23.6. The van der Waals surface area contributed by atoms with Crippen molar-refractivity contribution < 1.29 is 9.53 Å². The highest BCUT2D eigenvalue weighted by Crippen LogP contribution is 2.54. The second-order valence-corrected chi connectivity index (χ2v) is 10.7. The van der Waals surface area contributed by atoms with E-state index >= 15 is 0 Å². The molecule has 2 aromatic heterocycles. The molecule has 1 saturated carbocycles. The van der Waals surface area contributed by atoms with Gasteiger partial charge in [0.2, 0.25) is 0 Å². The number of carbonyl (C=O) groups excluding carboxylic acids is 1. The van der Waals surface area contributed by atoms with Crippen LogP contribution in [0.1, 0.15) is 54.2 Å². The SMILES string of the molecule is CCc1c(Cl)cccc1Nc1c(-c2ccncc2OCC2CCCN2C)[nH]c2c1C(=O)NCC21CC1. The van der Waals surface area contributed by atoms with Gasteiger partial charge in [0.15, 0.2) is 0 Å². The molecular formula is C28H32ClN5O2. The first kappa shape index (κ1) is 23.4. The fraction of sp³-hybridized carbons (Fsp3) is 0.429. The number of nitrogens with zero attached hydrogens (tertiary/aromatic N) is 2. The van der Waals surface area contributed by atoms with Gasteiger partial charge in [-0.3, -0.25) is 9.78 Å². The molecule has 4 heterocycles. The molecule has 7 nitrogen and oxygen atoms in total. The Morgan fingerprint density at radius 3 is 2.92 bits per heavy atom. The first-order chi connectivity index (χ1) is 17.5. The minimum Gasteiger partial charge on any atom is -0.490 e. The van der Waals surface area contributed by atoms with Crippen LogP contribution in [0.4, 0.5) is 11.4 Å². The number of pyridine rings is 1. The summed E-state index contributed by atoms with van der Waals surface area (Å²) >= 11 is 6.53. The van der Waals surface area contributed by atoms with Crippen LogP contribution in [0.2, 0.25) is 5.02 Å². The molecule has 1 aliphatic carbocycles. The molecule has 1 saturated heterocycles. The molecule has 0 radical (unpaired) electrons. The Morgan fingerprint density at radius 2 is 2.17 bits per heavy atom. The molecule has 8 heteroatoms. The van der Waals surface area contributed by atoms with E-state index in [2.05, 4.69) is 39.5 Å². The molecule has 0 bridgehead atoms. The average Bonchev–Trinajstić information content (AvgIpc) is 3.38. The van der Waals surface area contributed by atoms with E-state index in [1.807, 2.05) is 24.3 Å². The van der Waals surface area contributed by atoms with Gasteiger partial charge in [-0.15, -0.1) is 0 Å². The summed E-state index contributed by atoms with van der Waals surface area (Å²) in [6, 6.07) is 8.21. The maximum atomic E-state index is 13.3. The summed E-state index contributed by atoms with van der Waals surface area (Å²) in [6.45, 7) is 4.46. The Morgan fingerprint density at radius 1 is 1.31 bits per heavy atom. The second-order valence-electron chi connectivity index (χ2n) is 10.3. The van der Waals surface area contributed by atoms with Crippen molar-refractivity contribution in [2.45, 2.75) is 50.5 Å². The molecular weight excluding hydrogens is 474 g/mol. The summed E-state index contributed by atoms with van der Waals surface area (Å²) in [5, 5.41) is 7.45. The molecule has 2 aliphatic heterocycles. The monoisotopic (exact) mass is 505 g/mol. The third kappa shape index (κ3) is 3.95. The minimum absolute atomic E-state index is 0.0134. The van der Waals surface area contributed by atoms with Gasteiger partial charge in [0.1, 0.15) is 12.4 Å². The number of fused-ring (bicyclic) bond motifs is 2. The first-order valence-corrected chi connectivity index (χ1v) is 13.2. The van der Waals surface area contributed by atoms with Crippen molar-refractivity contribution in [1.82, 2.24) is 20.2 Å². The smallest absolute Gasteiger partial charge is 0.255 e. The van der Waals surface area contributed by atoms with Crippen molar-refractivity contribution in [3.05, 3.63) is 58.5 Å². The summed E-state index contributed by atoms with van der Waals surface area (Å²) in [5.74, 6) is 0.656. The number of hydrogen-bond donors (Lipinski definition) is 3. The number of anilines is 2. The molecule has 2 fully saturated rings. The average molecular weight is 506 g/mol. The highest BCUT2D eigenvalue weighted by atomic mass is 35.5. The molecule has 3 aromatic rings. The number of hydrogen-bond acceptors (Lipinski definition) is 5. The predicted octanol–water partition coefficient (Wildman–Crippen LogP) is 5.28. The van der Waals surface area contributed by atoms with Crippen molar-refractivity contribution in [3.63, 3.8) is 0 Å². The van der Waals surface area contributed by atoms with Crippen molar-refractivity contribution in [1.29, 1.82) is 0 Å². The largest absolute Gasteiger partial charge is 0.490 e. The molecule has 3 N–H and O–H groups in total. The Labute approximate surface area is 216 Å². The molecule has 36 heavy (non-hydrogen) atoms. The van der Waals surface area contributed by atoms with E-state index in [9.17, 15) is 4.79 Å². The Hall–Kier alpha value is -3.03. The first-order valence-electron chi connectivity index (χ1n) is 12.9. The number of carbonyl (C=O) groups is 1. The predicted molar refractivity (Wildman–Crippen MR) is 143 cm³/mol. The Bertz CT molecular complexity index is 1320. The van der Waals surface area contributed by atoms with Gasteiger partial charge in [0.05, 0.1) is 23.1 Å². The normalized spacial score (nSPS) is 20.3. The molecule has 1 aromatic carbocycles. The minimum atomic E-state index is -0.0586. The van der Waals surface area contributed by atoms with E-state index in [1.165, 1.54) is 6.42 Å². The number of rotatable bonds is 7. The van der Waals surface area contributed by atoms with Crippen LogP contribution in [0.15, 0.2) is 36.7 Å². The van der Waals surface area contributed by atoms with Crippen LogP contribution in [-0.4, -0.2) is 53.6 Å². The summed E-state index contributed by atoms with van der Waals surface area (Å²) in [7, 11) is 2.15. The number of benzene rings is 1. The number of H-pyrrole nitrogens is 1. The highest BCUT2D eigenvalue weighted by molar-refractivity contribution is 6.31. The number of halogens is 1. The lowest BCUT2D eigenvalue weighted by Crippen LogP contribution is -2.39. The number of ether oxygens (including phenoxy) is 1. The molecule has 6 rings (SSSR count). The number of amides is 1. The van der Waals surface area contributed by atoms with E-state index in [0.29, 0.717) is 35.5 Å².